The summed E-state index contributed by atoms with van der Waals surface area (Å²) in [6.45, 7) is 4.23. The topological polar surface area (TPSA) is 43.1 Å². The van der Waals surface area contributed by atoms with E-state index in [0.29, 0.717) is 0 Å². The highest BCUT2D eigenvalue weighted by Gasteiger charge is 2.35. The van der Waals surface area contributed by atoms with Crippen molar-refractivity contribution in [2.45, 2.75) is 23.2 Å². The van der Waals surface area contributed by atoms with E-state index in [2.05, 4.69) is 13.8 Å². The third-order valence-corrected chi connectivity index (χ3v) is 4.63. The summed E-state index contributed by atoms with van der Waals surface area (Å²) in [6.07, 6.45) is 0. The van der Waals surface area contributed by atoms with E-state index in [0.717, 1.165) is 5.75 Å². The number of primary amides is 1. The van der Waals surface area contributed by atoms with Crippen LogP contribution < -0.4 is 5.73 Å². The SMILES string of the molecule is CC1(C)SCC(C(N)=O)S1. The molecule has 0 spiro atoms. The van der Waals surface area contributed by atoms with E-state index in [1.54, 1.807) is 23.5 Å². The largest absolute Gasteiger partial charge is 0.369 e. The monoisotopic (exact) mass is 177 g/mol. The summed E-state index contributed by atoms with van der Waals surface area (Å²) >= 11 is 3.46. The van der Waals surface area contributed by atoms with Gasteiger partial charge < -0.3 is 5.73 Å². The zero-order valence-corrected chi connectivity index (χ0v) is 7.72. The molecule has 1 heterocycles. The molecule has 1 aliphatic heterocycles. The molecule has 1 rings (SSSR count). The number of carbonyl (C=O) groups excluding carboxylic acids is 1. The van der Waals surface area contributed by atoms with Crippen molar-refractivity contribution in [3.05, 3.63) is 0 Å². The van der Waals surface area contributed by atoms with Crippen LogP contribution in [0.3, 0.4) is 0 Å². The molecule has 1 fully saturated rings. The quantitative estimate of drug-likeness (QED) is 0.651. The van der Waals surface area contributed by atoms with Crippen molar-refractivity contribution in [3.63, 3.8) is 0 Å². The second kappa shape index (κ2) is 2.66. The Morgan fingerprint density at radius 2 is 2.30 bits per heavy atom. The van der Waals surface area contributed by atoms with Crippen LogP contribution in [0, 0.1) is 0 Å². The summed E-state index contributed by atoms with van der Waals surface area (Å²) in [6, 6.07) is 0. The molecule has 58 valence electrons. The molecule has 1 atom stereocenters. The Morgan fingerprint density at radius 1 is 1.70 bits per heavy atom. The molecular weight excluding hydrogens is 166 g/mol. The van der Waals surface area contributed by atoms with Gasteiger partial charge in [0.2, 0.25) is 5.91 Å². The zero-order valence-electron chi connectivity index (χ0n) is 6.09. The summed E-state index contributed by atoms with van der Waals surface area (Å²) in [5.74, 6) is 0.690. The van der Waals surface area contributed by atoms with Crippen LogP contribution in [0.5, 0.6) is 0 Å². The highest BCUT2D eigenvalue weighted by Crippen LogP contribution is 2.46. The number of nitrogens with two attached hydrogens (primary N) is 1. The van der Waals surface area contributed by atoms with E-state index in [-0.39, 0.29) is 15.2 Å². The van der Waals surface area contributed by atoms with E-state index in [1.165, 1.54) is 0 Å². The number of hydrogen-bond acceptors (Lipinski definition) is 3. The van der Waals surface area contributed by atoms with Gasteiger partial charge in [-0.15, -0.1) is 23.5 Å². The van der Waals surface area contributed by atoms with Gasteiger partial charge in [-0.2, -0.15) is 0 Å². The van der Waals surface area contributed by atoms with Crippen molar-refractivity contribution in [1.29, 1.82) is 0 Å². The summed E-state index contributed by atoms with van der Waals surface area (Å²) < 4.78 is 0.180. The standard InChI is InChI=1S/C6H11NOS2/c1-6(2)9-3-4(10-6)5(7)8/h4H,3H2,1-2H3,(H2,7,8). The molecule has 10 heavy (non-hydrogen) atoms. The molecule has 1 aliphatic rings. The van der Waals surface area contributed by atoms with Crippen LogP contribution >= 0.6 is 23.5 Å². The third kappa shape index (κ3) is 1.83. The lowest BCUT2D eigenvalue weighted by atomic mass is 10.5. The van der Waals surface area contributed by atoms with Crippen LogP contribution in [0.2, 0.25) is 0 Å². The summed E-state index contributed by atoms with van der Waals surface area (Å²) in [4.78, 5) is 10.7. The maximum atomic E-state index is 10.7. The molecule has 1 saturated heterocycles. The maximum absolute atomic E-state index is 10.7. The minimum atomic E-state index is -0.178. The fourth-order valence-corrected chi connectivity index (χ4v) is 3.65. The van der Waals surface area contributed by atoms with Gasteiger partial charge in [0, 0.05) is 5.75 Å². The van der Waals surface area contributed by atoms with E-state index < -0.39 is 0 Å². The first-order chi connectivity index (χ1) is 4.51. The van der Waals surface area contributed by atoms with Gasteiger partial charge in [-0.1, -0.05) is 0 Å². The predicted octanol–water partition coefficient (Wildman–Crippen LogP) is 1.06. The van der Waals surface area contributed by atoms with Gasteiger partial charge in [0.15, 0.2) is 0 Å². The second-order valence-corrected chi connectivity index (χ2v) is 6.45. The molecule has 1 unspecified atom stereocenters. The summed E-state index contributed by atoms with van der Waals surface area (Å²) in [5.41, 5.74) is 5.15. The first kappa shape index (κ1) is 8.27. The molecule has 4 heteroatoms. The highest BCUT2D eigenvalue weighted by atomic mass is 32.2. The molecule has 2 N–H and O–H groups in total. The fraction of sp³-hybridized carbons (Fsp3) is 0.833. The third-order valence-electron chi connectivity index (χ3n) is 1.33. The minimum Gasteiger partial charge on any atom is -0.369 e. The van der Waals surface area contributed by atoms with Crippen molar-refractivity contribution in [1.82, 2.24) is 0 Å². The van der Waals surface area contributed by atoms with Crippen molar-refractivity contribution in [3.8, 4) is 0 Å². The highest BCUT2D eigenvalue weighted by molar-refractivity contribution is 8.22. The number of carbonyl (C=O) groups is 1. The van der Waals surface area contributed by atoms with Gasteiger partial charge in [-0.25, -0.2) is 0 Å². The van der Waals surface area contributed by atoms with E-state index >= 15 is 0 Å². The molecule has 0 aromatic heterocycles. The Balaban J connectivity index is 2.51. The van der Waals surface area contributed by atoms with Crippen molar-refractivity contribution < 1.29 is 4.79 Å². The molecule has 2 nitrogen and oxygen atoms in total. The number of thioether (sulfide) groups is 2. The minimum absolute atomic E-state index is 0.0278. The Kier molecular flexibility index (Phi) is 2.20. The lowest BCUT2D eigenvalue weighted by molar-refractivity contribution is -0.117. The average molecular weight is 177 g/mol. The molecular formula is C6H11NOS2. The van der Waals surface area contributed by atoms with Crippen molar-refractivity contribution in [2.75, 3.05) is 5.75 Å². The zero-order chi connectivity index (χ0) is 7.78. The lowest BCUT2D eigenvalue weighted by Crippen LogP contribution is -2.25. The van der Waals surface area contributed by atoms with Crippen LogP contribution in [0.1, 0.15) is 13.8 Å². The molecule has 0 radical (unpaired) electrons. The molecule has 0 saturated carbocycles. The van der Waals surface area contributed by atoms with Crippen LogP contribution in [0.4, 0.5) is 0 Å². The summed E-state index contributed by atoms with van der Waals surface area (Å²) in [7, 11) is 0. The number of amides is 1. The smallest absolute Gasteiger partial charge is 0.231 e. The van der Waals surface area contributed by atoms with E-state index in [1.807, 2.05) is 0 Å². The average Bonchev–Trinajstić information content (AvgIpc) is 2.10. The van der Waals surface area contributed by atoms with Gasteiger partial charge in [0.05, 0.1) is 9.33 Å². The predicted molar refractivity (Wildman–Crippen MR) is 47.1 cm³/mol. The van der Waals surface area contributed by atoms with Gasteiger partial charge in [0.1, 0.15) is 0 Å². The van der Waals surface area contributed by atoms with Crippen LogP contribution in [0.25, 0.3) is 0 Å². The first-order valence-electron chi connectivity index (χ1n) is 3.12. The second-order valence-electron chi connectivity index (χ2n) is 2.72. The maximum Gasteiger partial charge on any atom is 0.231 e. The number of rotatable bonds is 1. The van der Waals surface area contributed by atoms with Gasteiger partial charge in [0.25, 0.3) is 0 Å². The molecule has 1 amide bonds. The van der Waals surface area contributed by atoms with Gasteiger partial charge >= 0.3 is 0 Å². The molecule has 0 bridgehead atoms. The molecule has 0 aliphatic carbocycles. The lowest BCUT2D eigenvalue weighted by Gasteiger charge is -2.13. The van der Waals surface area contributed by atoms with Gasteiger partial charge in [-0.05, 0) is 13.8 Å². The van der Waals surface area contributed by atoms with E-state index in [9.17, 15) is 4.79 Å². The Bertz CT molecular complexity index is 158. The van der Waals surface area contributed by atoms with Crippen LogP contribution in [-0.4, -0.2) is 21.0 Å². The Labute approximate surface area is 69.3 Å². The van der Waals surface area contributed by atoms with Crippen LogP contribution in [0.15, 0.2) is 0 Å². The summed E-state index contributed by atoms with van der Waals surface area (Å²) in [5, 5.41) is 0.0278. The van der Waals surface area contributed by atoms with Crippen LogP contribution in [-0.2, 0) is 4.79 Å². The first-order valence-corrected chi connectivity index (χ1v) is 4.99. The van der Waals surface area contributed by atoms with Crippen molar-refractivity contribution >= 4 is 29.4 Å². The Morgan fingerprint density at radius 3 is 2.50 bits per heavy atom. The van der Waals surface area contributed by atoms with Crippen molar-refractivity contribution in [2.24, 2.45) is 5.73 Å². The van der Waals surface area contributed by atoms with Gasteiger partial charge in [-0.3, -0.25) is 4.79 Å². The molecule has 0 aromatic carbocycles. The molecule has 0 aromatic rings. The van der Waals surface area contributed by atoms with E-state index in [4.69, 9.17) is 5.73 Å². The fourth-order valence-electron chi connectivity index (χ4n) is 0.827. The number of hydrogen-bond donors (Lipinski definition) is 1. The normalized spacial score (nSPS) is 30.4. The Hall–Kier alpha value is 0.170.